The van der Waals surface area contributed by atoms with E-state index in [4.69, 9.17) is 5.11 Å². The average molecular weight is 547 g/mol. The number of rotatable bonds is 9. The Kier molecular flexibility index (Phi) is 9.29. The number of carboxylic acid groups (broad SMARTS) is 1. The molecule has 0 spiro atoms. The molecule has 0 atom stereocenters. The summed E-state index contributed by atoms with van der Waals surface area (Å²) in [4.78, 5) is 24.9. The van der Waals surface area contributed by atoms with Crippen molar-refractivity contribution in [2.24, 2.45) is 0 Å². The van der Waals surface area contributed by atoms with E-state index < -0.39 is 5.97 Å². The van der Waals surface area contributed by atoms with Crippen LogP contribution in [0.15, 0.2) is 47.2 Å². The number of thiophene rings is 2. The number of halogens is 1. The molecule has 1 aliphatic rings. The third-order valence-electron chi connectivity index (χ3n) is 5.23. The second-order valence-corrected chi connectivity index (χ2v) is 11.7. The van der Waals surface area contributed by atoms with Crippen molar-refractivity contribution in [3.8, 4) is 11.8 Å². The highest BCUT2D eigenvalue weighted by Gasteiger charge is 2.26. The zero-order valence-corrected chi connectivity index (χ0v) is 22.0. The third-order valence-corrected chi connectivity index (χ3v) is 8.89. The lowest BCUT2D eigenvalue weighted by Crippen LogP contribution is -2.51. The number of hydrogen-bond donors (Lipinski definition) is 1. The van der Waals surface area contributed by atoms with Gasteiger partial charge in [0, 0.05) is 59.1 Å². The van der Waals surface area contributed by atoms with Gasteiger partial charge in [0.25, 0.3) is 5.24 Å². The Morgan fingerprint density at radius 1 is 1.17 bits per heavy atom. The van der Waals surface area contributed by atoms with E-state index in [1.807, 2.05) is 29.0 Å². The molecule has 0 unspecified atom stereocenters. The molecule has 0 bridgehead atoms. The van der Waals surface area contributed by atoms with E-state index in [0.29, 0.717) is 23.4 Å². The highest BCUT2D eigenvalue weighted by molar-refractivity contribution is 8.13. The van der Waals surface area contributed by atoms with E-state index in [9.17, 15) is 14.0 Å². The molecule has 1 aromatic carbocycles. The van der Waals surface area contributed by atoms with Gasteiger partial charge in [0.1, 0.15) is 10.7 Å². The van der Waals surface area contributed by atoms with Crippen LogP contribution in [-0.4, -0.2) is 57.5 Å². The van der Waals surface area contributed by atoms with Crippen LogP contribution in [0.5, 0.6) is 0 Å². The van der Waals surface area contributed by atoms with Crippen molar-refractivity contribution in [1.29, 1.82) is 0 Å². The first-order valence-corrected chi connectivity index (χ1v) is 14.8. The molecule has 182 valence electrons. The maximum atomic E-state index is 14.2. The van der Waals surface area contributed by atoms with Crippen LogP contribution in [0, 0.1) is 17.7 Å². The summed E-state index contributed by atoms with van der Waals surface area (Å²) in [6.07, 6.45) is 0.624. The van der Waals surface area contributed by atoms with Crippen molar-refractivity contribution in [1.82, 2.24) is 10.0 Å². The number of hydrazine groups is 1. The quantitative estimate of drug-likeness (QED) is 0.266. The minimum atomic E-state index is -0.924. The summed E-state index contributed by atoms with van der Waals surface area (Å²) in [5, 5.41) is 16.9. The van der Waals surface area contributed by atoms with Crippen LogP contribution >= 0.6 is 46.2 Å². The summed E-state index contributed by atoms with van der Waals surface area (Å²) in [5.41, 5.74) is 2.30. The molecule has 1 fully saturated rings. The zero-order valence-electron chi connectivity index (χ0n) is 18.7. The van der Waals surface area contributed by atoms with E-state index in [0.717, 1.165) is 46.4 Å². The standard InChI is InChI=1S/C25H23FN2O3S4/c26-22-5-2-19(15-20(22)3-1-18-8-12-32-16-18)17-33-13-10-27-11-14-34-25(31)28(27)9-7-21-4-6-23(35-21)24(29)30/h2,4-6,8,12,15-16H,7,9-11,13-14,17H2,(H,29,30). The van der Waals surface area contributed by atoms with Gasteiger partial charge in [-0.3, -0.25) is 9.80 Å². The molecule has 3 aromatic rings. The van der Waals surface area contributed by atoms with Crippen LogP contribution in [0.1, 0.15) is 31.2 Å². The van der Waals surface area contributed by atoms with Gasteiger partial charge < -0.3 is 5.11 Å². The van der Waals surface area contributed by atoms with E-state index in [1.54, 1.807) is 40.2 Å². The number of nitrogens with zero attached hydrogens (tertiary/aromatic N) is 2. The van der Waals surface area contributed by atoms with Gasteiger partial charge in [-0.2, -0.15) is 23.1 Å². The number of hydrogen-bond acceptors (Lipinski definition) is 7. The van der Waals surface area contributed by atoms with Gasteiger partial charge in [-0.1, -0.05) is 29.7 Å². The predicted octanol–water partition coefficient (Wildman–Crippen LogP) is 5.91. The fraction of sp³-hybridized carbons (Fsp3) is 0.280. The summed E-state index contributed by atoms with van der Waals surface area (Å²) in [5.74, 6) is 7.00. The first kappa shape index (κ1) is 25.8. The zero-order chi connectivity index (χ0) is 24.6. The van der Waals surface area contributed by atoms with Gasteiger partial charge in [0.2, 0.25) is 0 Å². The molecule has 35 heavy (non-hydrogen) atoms. The molecular formula is C25H23FN2O3S4. The average Bonchev–Trinajstić information content (AvgIpc) is 3.54. The minimum Gasteiger partial charge on any atom is -0.477 e. The van der Waals surface area contributed by atoms with Crippen molar-refractivity contribution in [2.45, 2.75) is 12.2 Å². The van der Waals surface area contributed by atoms with Gasteiger partial charge in [-0.05, 0) is 41.3 Å². The van der Waals surface area contributed by atoms with Crippen LogP contribution in [0.2, 0.25) is 0 Å². The predicted molar refractivity (Wildman–Crippen MR) is 144 cm³/mol. The summed E-state index contributed by atoms with van der Waals surface area (Å²) in [7, 11) is 0. The number of amides is 1. The number of carbonyl (C=O) groups excluding carboxylic acids is 1. The third kappa shape index (κ3) is 7.35. The minimum absolute atomic E-state index is 0.0311. The molecule has 1 amide bonds. The maximum absolute atomic E-state index is 14.2. The highest BCUT2D eigenvalue weighted by Crippen LogP contribution is 2.23. The Balaban J connectivity index is 1.28. The Morgan fingerprint density at radius 3 is 2.83 bits per heavy atom. The summed E-state index contributed by atoms with van der Waals surface area (Å²) >= 11 is 5.87. The van der Waals surface area contributed by atoms with Gasteiger partial charge in [-0.25, -0.2) is 14.2 Å². The number of aromatic carboxylic acids is 1. The summed E-state index contributed by atoms with van der Waals surface area (Å²) in [6.45, 7) is 2.05. The Morgan fingerprint density at radius 2 is 2.06 bits per heavy atom. The molecule has 0 saturated carbocycles. The van der Waals surface area contributed by atoms with E-state index in [2.05, 4.69) is 16.8 Å². The lowest BCUT2D eigenvalue weighted by molar-refractivity contribution is 0.0349. The van der Waals surface area contributed by atoms with Gasteiger partial charge in [0.15, 0.2) is 0 Å². The Hall–Kier alpha value is -2.29. The molecule has 1 aliphatic heterocycles. The normalized spacial score (nSPS) is 14.1. The van der Waals surface area contributed by atoms with Crippen LogP contribution in [0.25, 0.3) is 0 Å². The lowest BCUT2D eigenvalue weighted by Gasteiger charge is -2.37. The van der Waals surface area contributed by atoms with Crippen molar-refractivity contribution < 1.29 is 19.1 Å². The summed E-state index contributed by atoms with van der Waals surface area (Å²) < 4.78 is 14.2. The largest absolute Gasteiger partial charge is 0.477 e. The van der Waals surface area contributed by atoms with Crippen LogP contribution < -0.4 is 0 Å². The Labute approximate surface area is 220 Å². The number of carbonyl (C=O) groups is 2. The molecule has 2 aromatic heterocycles. The SMILES string of the molecule is O=C(O)c1ccc(CCN2C(=O)SCCN2CCSCc2ccc(F)c(C#Cc3ccsc3)c2)s1. The molecule has 10 heteroatoms. The topological polar surface area (TPSA) is 60.9 Å². The van der Waals surface area contributed by atoms with Crippen LogP contribution in [0.4, 0.5) is 9.18 Å². The molecule has 1 saturated heterocycles. The second-order valence-electron chi connectivity index (χ2n) is 7.64. The second kappa shape index (κ2) is 12.6. The van der Waals surface area contributed by atoms with E-state index in [-0.39, 0.29) is 11.1 Å². The molecule has 0 aliphatic carbocycles. The van der Waals surface area contributed by atoms with E-state index >= 15 is 0 Å². The fourth-order valence-corrected chi connectivity index (χ4v) is 6.61. The van der Waals surface area contributed by atoms with Crippen molar-refractivity contribution in [2.75, 3.05) is 31.1 Å². The molecular weight excluding hydrogens is 524 g/mol. The number of benzene rings is 1. The molecule has 5 nitrogen and oxygen atoms in total. The smallest absolute Gasteiger partial charge is 0.345 e. The van der Waals surface area contributed by atoms with Crippen molar-refractivity contribution in [3.63, 3.8) is 0 Å². The lowest BCUT2D eigenvalue weighted by atomic mass is 10.1. The fourth-order valence-electron chi connectivity index (χ4n) is 3.45. The van der Waals surface area contributed by atoms with E-state index in [1.165, 1.54) is 29.2 Å². The first-order valence-electron chi connectivity index (χ1n) is 10.9. The van der Waals surface area contributed by atoms with Gasteiger partial charge in [-0.15, -0.1) is 11.3 Å². The molecule has 0 radical (unpaired) electrons. The van der Waals surface area contributed by atoms with Crippen LogP contribution in [0.3, 0.4) is 0 Å². The van der Waals surface area contributed by atoms with Gasteiger partial charge >= 0.3 is 5.97 Å². The highest BCUT2D eigenvalue weighted by atomic mass is 32.2. The summed E-state index contributed by atoms with van der Waals surface area (Å²) in [6, 6.07) is 10.4. The van der Waals surface area contributed by atoms with Crippen LogP contribution in [-0.2, 0) is 12.2 Å². The first-order chi connectivity index (χ1) is 17.0. The van der Waals surface area contributed by atoms with Gasteiger partial charge in [0.05, 0.1) is 5.56 Å². The maximum Gasteiger partial charge on any atom is 0.345 e. The molecule has 1 N–H and O–H groups in total. The molecule has 4 rings (SSSR count). The van der Waals surface area contributed by atoms with Crippen molar-refractivity contribution in [3.05, 3.63) is 79.4 Å². The molecule has 3 heterocycles. The Bertz CT molecular complexity index is 1230. The van der Waals surface area contributed by atoms with Crippen molar-refractivity contribution >= 4 is 57.4 Å². The number of thioether (sulfide) groups is 2. The monoisotopic (exact) mass is 546 g/mol. The number of carboxylic acids is 1.